The molecule has 0 bridgehead atoms. The third-order valence-electron chi connectivity index (χ3n) is 4.63. The first-order valence-electron chi connectivity index (χ1n) is 9.71. The standard InChI is InChI=1S/C22H28N4O.HI/c1-2-23-22(24-15-14-18-7-4-3-5-8-18)25-17-19-10-12-20(13-11-19)26-16-6-9-21(26)27;/h3-5,7-8,10-13H,2,6,9,14-17H2,1H3,(H2,23,24,25);1H. The molecule has 3 rings (SSSR count). The Labute approximate surface area is 184 Å². The average Bonchev–Trinajstić information content (AvgIpc) is 3.13. The SMILES string of the molecule is CCNC(=NCc1ccc(N2CCCC2=O)cc1)NCCc1ccccc1.I. The van der Waals surface area contributed by atoms with Gasteiger partial charge in [0.05, 0.1) is 6.54 Å². The van der Waals surface area contributed by atoms with Crippen molar-refractivity contribution in [2.75, 3.05) is 24.5 Å². The van der Waals surface area contributed by atoms with Crippen LogP contribution in [-0.2, 0) is 17.8 Å². The van der Waals surface area contributed by atoms with E-state index in [1.807, 2.05) is 23.1 Å². The number of guanidine groups is 1. The van der Waals surface area contributed by atoms with E-state index in [1.54, 1.807) is 0 Å². The van der Waals surface area contributed by atoms with E-state index in [1.165, 1.54) is 5.56 Å². The smallest absolute Gasteiger partial charge is 0.227 e. The second kappa shape index (κ2) is 11.7. The number of rotatable bonds is 7. The molecule has 0 aliphatic carbocycles. The number of hydrogen-bond donors (Lipinski definition) is 2. The normalized spacial score (nSPS) is 14.0. The summed E-state index contributed by atoms with van der Waals surface area (Å²) in [5.74, 6) is 1.05. The summed E-state index contributed by atoms with van der Waals surface area (Å²) in [6.07, 6.45) is 2.57. The minimum absolute atomic E-state index is 0. The zero-order valence-corrected chi connectivity index (χ0v) is 18.7. The van der Waals surface area contributed by atoms with Crippen molar-refractivity contribution >= 4 is 41.5 Å². The highest BCUT2D eigenvalue weighted by Crippen LogP contribution is 2.21. The minimum Gasteiger partial charge on any atom is -0.357 e. The van der Waals surface area contributed by atoms with Crippen molar-refractivity contribution in [2.45, 2.75) is 32.7 Å². The average molecular weight is 492 g/mol. The lowest BCUT2D eigenvalue weighted by molar-refractivity contribution is -0.117. The molecule has 2 N–H and O–H groups in total. The number of carbonyl (C=O) groups excluding carboxylic acids is 1. The number of anilines is 1. The van der Waals surface area contributed by atoms with Crippen molar-refractivity contribution in [1.29, 1.82) is 0 Å². The van der Waals surface area contributed by atoms with E-state index in [0.717, 1.165) is 49.7 Å². The number of carbonyl (C=O) groups is 1. The fourth-order valence-electron chi connectivity index (χ4n) is 3.18. The number of amides is 1. The Hall–Kier alpha value is -2.09. The molecule has 1 heterocycles. The van der Waals surface area contributed by atoms with E-state index >= 15 is 0 Å². The summed E-state index contributed by atoms with van der Waals surface area (Å²) >= 11 is 0. The zero-order valence-electron chi connectivity index (χ0n) is 16.4. The number of benzene rings is 2. The monoisotopic (exact) mass is 492 g/mol. The highest BCUT2D eigenvalue weighted by atomic mass is 127. The maximum atomic E-state index is 11.8. The van der Waals surface area contributed by atoms with Gasteiger partial charge in [-0.3, -0.25) is 4.79 Å². The molecule has 2 aromatic rings. The van der Waals surface area contributed by atoms with Crippen molar-refractivity contribution in [3.05, 3.63) is 65.7 Å². The third-order valence-corrected chi connectivity index (χ3v) is 4.63. The first-order valence-corrected chi connectivity index (χ1v) is 9.71. The molecule has 0 unspecified atom stereocenters. The van der Waals surface area contributed by atoms with Gasteiger partial charge < -0.3 is 15.5 Å². The molecule has 0 atom stereocenters. The van der Waals surface area contributed by atoms with Crippen molar-refractivity contribution in [3.63, 3.8) is 0 Å². The summed E-state index contributed by atoms with van der Waals surface area (Å²) in [5, 5.41) is 6.67. The number of nitrogens with one attached hydrogen (secondary N) is 2. The van der Waals surface area contributed by atoms with Crippen molar-refractivity contribution in [1.82, 2.24) is 10.6 Å². The molecule has 1 saturated heterocycles. The van der Waals surface area contributed by atoms with E-state index in [-0.39, 0.29) is 29.9 Å². The van der Waals surface area contributed by atoms with Crippen LogP contribution in [-0.4, -0.2) is 31.5 Å². The van der Waals surface area contributed by atoms with Crippen molar-refractivity contribution in [2.24, 2.45) is 4.99 Å². The summed E-state index contributed by atoms with van der Waals surface area (Å²) in [6.45, 7) is 5.16. The lowest BCUT2D eigenvalue weighted by atomic mass is 10.1. The van der Waals surface area contributed by atoms with Crippen LogP contribution < -0.4 is 15.5 Å². The quantitative estimate of drug-likeness (QED) is 0.352. The highest BCUT2D eigenvalue weighted by molar-refractivity contribution is 14.0. The van der Waals surface area contributed by atoms with Gasteiger partial charge in [-0.1, -0.05) is 42.5 Å². The fraction of sp³-hybridized carbons (Fsp3) is 0.364. The lowest BCUT2D eigenvalue weighted by Crippen LogP contribution is -2.38. The molecule has 5 nitrogen and oxygen atoms in total. The topological polar surface area (TPSA) is 56.7 Å². The van der Waals surface area contributed by atoms with Crippen LogP contribution in [0.15, 0.2) is 59.6 Å². The molecule has 1 amide bonds. The molecule has 28 heavy (non-hydrogen) atoms. The Morgan fingerprint density at radius 2 is 1.79 bits per heavy atom. The summed E-state index contributed by atoms with van der Waals surface area (Å²) in [5.41, 5.74) is 3.43. The fourth-order valence-corrected chi connectivity index (χ4v) is 3.18. The van der Waals surface area contributed by atoms with Crippen LogP contribution in [0.4, 0.5) is 5.69 Å². The van der Waals surface area contributed by atoms with Gasteiger partial charge in [0.1, 0.15) is 0 Å². The van der Waals surface area contributed by atoms with Crippen LogP contribution in [0.25, 0.3) is 0 Å². The van der Waals surface area contributed by atoms with Gasteiger partial charge in [0, 0.05) is 31.7 Å². The molecule has 0 spiro atoms. The Morgan fingerprint density at radius 3 is 2.43 bits per heavy atom. The molecular weight excluding hydrogens is 463 g/mol. The molecule has 150 valence electrons. The summed E-state index contributed by atoms with van der Waals surface area (Å²) < 4.78 is 0. The molecular formula is C22H29IN4O. The highest BCUT2D eigenvalue weighted by Gasteiger charge is 2.21. The number of nitrogens with zero attached hydrogens (tertiary/aromatic N) is 2. The van der Waals surface area contributed by atoms with Crippen LogP contribution in [0.5, 0.6) is 0 Å². The Bertz CT molecular complexity index is 762. The predicted molar refractivity (Wildman–Crippen MR) is 126 cm³/mol. The second-order valence-corrected chi connectivity index (χ2v) is 6.67. The molecule has 1 aliphatic heterocycles. The second-order valence-electron chi connectivity index (χ2n) is 6.67. The van der Waals surface area contributed by atoms with Crippen molar-refractivity contribution in [3.8, 4) is 0 Å². The molecule has 6 heteroatoms. The van der Waals surface area contributed by atoms with E-state index in [0.29, 0.717) is 13.0 Å². The number of aliphatic imine (C=N–C) groups is 1. The van der Waals surface area contributed by atoms with E-state index < -0.39 is 0 Å². The van der Waals surface area contributed by atoms with Crippen LogP contribution in [0.3, 0.4) is 0 Å². The molecule has 0 aromatic heterocycles. The van der Waals surface area contributed by atoms with Gasteiger partial charge in [-0.2, -0.15) is 0 Å². The molecule has 1 fully saturated rings. The van der Waals surface area contributed by atoms with Crippen LogP contribution in [0.2, 0.25) is 0 Å². The summed E-state index contributed by atoms with van der Waals surface area (Å²) in [4.78, 5) is 18.4. The first kappa shape index (κ1) is 22.2. The summed E-state index contributed by atoms with van der Waals surface area (Å²) in [7, 11) is 0. The maximum Gasteiger partial charge on any atom is 0.227 e. The van der Waals surface area contributed by atoms with Crippen LogP contribution in [0, 0.1) is 0 Å². The molecule has 0 radical (unpaired) electrons. The lowest BCUT2D eigenvalue weighted by Gasteiger charge is -2.16. The number of halogens is 1. The molecule has 0 saturated carbocycles. The van der Waals surface area contributed by atoms with E-state index in [9.17, 15) is 4.79 Å². The van der Waals surface area contributed by atoms with E-state index in [4.69, 9.17) is 0 Å². The Balaban J connectivity index is 0.00000280. The van der Waals surface area contributed by atoms with Crippen LogP contribution >= 0.6 is 24.0 Å². The predicted octanol–water partition coefficient (Wildman–Crippen LogP) is 3.73. The van der Waals surface area contributed by atoms with Gasteiger partial charge in [-0.15, -0.1) is 24.0 Å². The third kappa shape index (κ3) is 6.51. The number of hydrogen-bond acceptors (Lipinski definition) is 2. The minimum atomic E-state index is 0. The van der Waals surface area contributed by atoms with Crippen molar-refractivity contribution < 1.29 is 4.79 Å². The maximum absolute atomic E-state index is 11.8. The van der Waals surface area contributed by atoms with Gasteiger partial charge >= 0.3 is 0 Å². The molecule has 2 aromatic carbocycles. The summed E-state index contributed by atoms with van der Waals surface area (Å²) in [6, 6.07) is 18.6. The van der Waals surface area contributed by atoms with Gasteiger partial charge in [-0.05, 0) is 43.0 Å². The first-order chi connectivity index (χ1) is 13.3. The largest absolute Gasteiger partial charge is 0.357 e. The van der Waals surface area contributed by atoms with E-state index in [2.05, 4.69) is 58.9 Å². The zero-order chi connectivity index (χ0) is 18.9. The Kier molecular flexibility index (Phi) is 9.27. The molecule has 1 aliphatic rings. The van der Waals surface area contributed by atoms with Crippen LogP contribution in [0.1, 0.15) is 30.9 Å². The van der Waals surface area contributed by atoms with Gasteiger partial charge in [-0.25, -0.2) is 4.99 Å². The van der Waals surface area contributed by atoms with Gasteiger partial charge in [0.2, 0.25) is 5.91 Å². The Morgan fingerprint density at radius 1 is 1.04 bits per heavy atom. The van der Waals surface area contributed by atoms with Gasteiger partial charge in [0.25, 0.3) is 0 Å². The van der Waals surface area contributed by atoms with Gasteiger partial charge in [0.15, 0.2) is 5.96 Å².